The number of benzene rings is 1. The third-order valence-corrected chi connectivity index (χ3v) is 9.62. The third kappa shape index (κ3) is 3.46. The van der Waals surface area contributed by atoms with Crippen LogP contribution in [0.2, 0.25) is 0 Å². The van der Waals surface area contributed by atoms with E-state index in [1.807, 2.05) is 12.1 Å². The van der Waals surface area contributed by atoms with Gasteiger partial charge in [0, 0.05) is 25.6 Å². The van der Waals surface area contributed by atoms with Crippen LogP contribution in [0.15, 0.2) is 35.0 Å². The van der Waals surface area contributed by atoms with Crippen molar-refractivity contribution in [3.63, 3.8) is 0 Å². The molecule has 2 saturated carbocycles. The van der Waals surface area contributed by atoms with Crippen LogP contribution in [-0.2, 0) is 11.3 Å². The fourth-order valence-electron chi connectivity index (χ4n) is 7.38. The molecule has 9 nitrogen and oxygen atoms in total. The van der Waals surface area contributed by atoms with Crippen molar-refractivity contribution in [2.75, 3.05) is 24.5 Å². The summed E-state index contributed by atoms with van der Waals surface area (Å²) >= 11 is 0. The van der Waals surface area contributed by atoms with Crippen LogP contribution >= 0.6 is 0 Å². The van der Waals surface area contributed by atoms with E-state index in [1.54, 1.807) is 13.0 Å². The van der Waals surface area contributed by atoms with E-state index in [4.69, 9.17) is 4.63 Å². The number of hydrogen-bond acceptors (Lipinski definition) is 7. The molecule has 3 amide bonds. The number of carbonyl (C=O) groups is 3. The maximum Gasteiger partial charge on any atom is 0.264 e. The Morgan fingerprint density at radius 3 is 2.65 bits per heavy atom. The lowest BCUT2D eigenvalue weighted by molar-refractivity contribution is -0.125. The summed E-state index contributed by atoms with van der Waals surface area (Å²) in [6, 6.07) is 5.41. The zero-order valence-electron chi connectivity index (χ0n) is 21.0. The quantitative estimate of drug-likeness (QED) is 0.479. The minimum absolute atomic E-state index is 0.0199. The molecule has 1 aromatic heterocycles. The second-order valence-electron chi connectivity index (χ2n) is 11.4. The molecule has 3 unspecified atom stereocenters. The highest BCUT2D eigenvalue weighted by atomic mass is 16.6. The molecule has 3 atom stereocenters. The fraction of sp³-hybridized carbons (Fsp3) is 0.536. The van der Waals surface area contributed by atoms with Gasteiger partial charge in [-0.3, -0.25) is 19.3 Å². The summed E-state index contributed by atoms with van der Waals surface area (Å²) in [5.41, 5.74) is 3.18. The van der Waals surface area contributed by atoms with E-state index in [1.165, 1.54) is 24.2 Å². The lowest BCUT2D eigenvalue weighted by atomic mass is 9.88. The van der Waals surface area contributed by atoms with Crippen LogP contribution in [0.4, 0.5) is 5.69 Å². The van der Waals surface area contributed by atoms with Crippen molar-refractivity contribution in [2.24, 2.45) is 29.1 Å². The highest BCUT2D eigenvalue weighted by molar-refractivity contribution is 6.23. The number of aryl methyl sites for hydroxylation is 1. The van der Waals surface area contributed by atoms with Gasteiger partial charge in [0.05, 0.1) is 23.4 Å². The molecule has 0 radical (unpaired) electrons. The predicted molar refractivity (Wildman–Crippen MR) is 134 cm³/mol. The first-order valence-electron chi connectivity index (χ1n) is 13.4. The van der Waals surface area contributed by atoms with Crippen molar-refractivity contribution in [2.45, 2.75) is 45.6 Å². The Morgan fingerprint density at radius 2 is 1.95 bits per heavy atom. The summed E-state index contributed by atoms with van der Waals surface area (Å²) in [5, 5.41) is 10.8. The number of nitrogens with one attached hydrogen (secondary N) is 1. The van der Waals surface area contributed by atoms with Gasteiger partial charge in [-0.25, -0.2) is 4.63 Å². The van der Waals surface area contributed by atoms with E-state index in [2.05, 4.69) is 32.7 Å². The number of carbonyl (C=O) groups excluding carboxylic acids is 3. The topological polar surface area (TPSA) is 109 Å². The van der Waals surface area contributed by atoms with Crippen molar-refractivity contribution < 1.29 is 19.0 Å². The standard InChI is InChI=1S/C28H31N5O4/c1-16-22(31-37-30-16)15-33-26(35)20-3-2-4-23(24(20)27(33)36)32-11-7-17(8-12-32)25(34)29-14-18-13-19-5-6-21(18)28(19)9-10-28/h2-6,17-19,21H,7-15H2,1H3,(H,29,34). The second-order valence-corrected chi connectivity index (χ2v) is 11.4. The number of imide groups is 1. The van der Waals surface area contributed by atoms with Gasteiger partial charge in [0.25, 0.3) is 11.8 Å². The minimum Gasteiger partial charge on any atom is -0.371 e. The van der Waals surface area contributed by atoms with E-state index in [0.29, 0.717) is 52.9 Å². The molecule has 2 aromatic rings. The maximum atomic E-state index is 13.3. The average Bonchev–Trinajstić information content (AvgIpc) is 3.31. The van der Waals surface area contributed by atoms with E-state index in [-0.39, 0.29) is 30.2 Å². The summed E-state index contributed by atoms with van der Waals surface area (Å²) in [6.45, 7) is 3.88. The molecule has 3 aliphatic carbocycles. The van der Waals surface area contributed by atoms with Gasteiger partial charge in [-0.15, -0.1) is 0 Å². The Bertz CT molecular complexity index is 1320. The highest BCUT2D eigenvalue weighted by Crippen LogP contribution is 2.69. The first kappa shape index (κ1) is 22.7. The molecule has 7 rings (SSSR count). The van der Waals surface area contributed by atoms with Gasteiger partial charge in [-0.05, 0) is 74.3 Å². The molecule has 37 heavy (non-hydrogen) atoms. The maximum absolute atomic E-state index is 13.3. The van der Waals surface area contributed by atoms with Crippen molar-refractivity contribution in [3.8, 4) is 0 Å². The van der Waals surface area contributed by atoms with Crippen molar-refractivity contribution in [1.29, 1.82) is 0 Å². The molecule has 192 valence electrons. The number of rotatable bonds is 6. The number of hydrogen-bond donors (Lipinski definition) is 1. The molecule has 1 spiro atoms. The zero-order valence-corrected chi connectivity index (χ0v) is 21.0. The lowest BCUT2D eigenvalue weighted by Gasteiger charge is -2.34. The molecule has 9 heteroatoms. The molecular formula is C28H31N5O4. The monoisotopic (exact) mass is 501 g/mol. The van der Waals surface area contributed by atoms with Gasteiger partial charge in [0.15, 0.2) is 0 Å². The van der Waals surface area contributed by atoms with Gasteiger partial charge in [0.1, 0.15) is 11.4 Å². The Hall–Kier alpha value is -3.49. The number of fused-ring (bicyclic) bond motifs is 1. The smallest absolute Gasteiger partial charge is 0.264 e. The van der Waals surface area contributed by atoms with E-state index in [9.17, 15) is 14.4 Å². The van der Waals surface area contributed by atoms with Crippen LogP contribution < -0.4 is 10.2 Å². The predicted octanol–water partition coefficient (Wildman–Crippen LogP) is 3.11. The third-order valence-electron chi connectivity index (χ3n) is 9.62. The van der Waals surface area contributed by atoms with E-state index >= 15 is 0 Å². The summed E-state index contributed by atoms with van der Waals surface area (Å²) in [5.74, 6) is 1.45. The first-order valence-corrected chi connectivity index (χ1v) is 13.4. The van der Waals surface area contributed by atoms with E-state index in [0.717, 1.165) is 31.0 Å². The first-order chi connectivity index (χ1) is 18.0. The van der Waals surface area contributed by atoms with Crippen molar-refractivity contribution >= 4 is 23.4 Å². The lowest BCUT2D eigenvalue weighted by Crippen LogP contribution is -2.42. The molecule has 2 bridgehead atoms. The number of nitrogens with zero attached hydrogens (tertiary/aromatic N) is 4. The van der Waals surface area contributed by atoms with Crippen LogP contribution in [0.25, 0.3) is 0 Å². The van der Waals surface area contributed by atoms with Crippen LogP contribution in [0, 0.1) is 36.0 Å². The van der Waals surface area contributed by atoms with Gasteiger partial charge >= 0.3 is 0 Å². The number of anilines is 1. The summed E-state index contributed by atoms with van der Waals surface area (Å²) in [7, 11) is 0. The normalized spacial score (nSPS) is 27.4. The largest absolute Gasteiger partial charge is 0.371 e. The van der Waals surface area contributed by atoms with Gasteiger partial charge < -0.3 is 10.2 Å². The number of amides is 3. The fourth-order valence-corrected chi connectivity index (χ4v) is 7.38. The minimum atomic E-state index is -0.332. The average molecular weight is 502 g/mol. The van der Waals surface area contributed by atoms with Crippen molar-refractivity contribution in [3.05, 3.63) is 52.9 Å². The molecule has 1 N–H and O–H groups in total. The summed E-state index contributed by atoms with van der Waals surface area (Å²) in [4.78, 5) is 42.7. The van der Waals surface area contributed by atoms with Crippen LogP contribution in [0.1, 0.15) is 64.2 Å². The molecule has 2 aliphatic heterocycles. The zero-order chi connectivity index (χ0) is 25.3. The Kier molecular flexibility index (Phi) is 5.07. The molecule has 3 fully saturated rings. The number of allylic oxidation sites excluding steroid dienone is 2. The van der Waals surface area contributed by atoms with Crippen LogP contribution in [0.5, 0.6) is 0 Å². The van der Waals surface area contributed by atoms with Crippen LogP contribution in [0.3, 0.4) is 0 Å². The molecule has 1 aromatic carbocycles. The molecule has 3 heterocycles. The Morgan fingerprint density at radius 1 is 1.14 bits per heavy atom. The molecule has 1 saturated heterocycles. The summed E-state index contributed by atoms with van der Waals surface area (Å²) < 4.78 is 4.73. The number of aromatic nitrogens is 2. The van der Waals surface area contributed by atoms with Gasteiger partial charge in [-0.2, -0.15) is 0 Å². The van der Waals surface area contributed by atoms with Crippen LogP contribution in [-0.4, -0.2) is 52.6 Å². The summed E-state index contributed by atoms with van der Waals surface area (Å²) in [6.07, 6.45) is 10.2. The highest BCUT2D eigenvalue weighted by Gasteiger charge is 2.62. The molecular weight excluding hydrogens is 470 g/mol. The van der Waals surface area contributed by atoms with Crippen molar-refractivity contribution in [1.82, 2.24) is 20.5 Å². The van der Waals surface area contributed by atoms with E-state index < -0.39 is 0 Å². The molecule has 5 aliphatic rings. The Labute approximate surface area is 215 Å². The SMILES string of the molecule is Cc1nonc1CN1C(=O)c2cccc(N3CCC(C(=O)NCC4CC5C=CC4C54CC4)CC3)c2C1=O. The second kappa shape index (κ2) is 8.26. The number of piperidine rings is 1. The van der Waals surface area contributed by atoms with Gasteiger partial charge in [-0.1, -0.05) is 28.5 Å². The Balaban J connectivity index is 0.986. The van der Waals surface area contributed by atoms with Gasteiger partial charge in [0.2, 0.25) is 5.91 Å².